The van der Waals surface area contributed by atoms with E-state index >= 15 is 0 Å². The van der Waals surface area contributed by atoms with Crippen molar-refractivity contribution >= 4 is 33.8 Å². The molecule has 2 aromatic heterocycles. The van der Waals surface area contributed by atoms with Crippen molar-refractivity contribution in [2.24, 2.45) is 0 Å². The van der Waals surface area contributed by atoms with E-state index in [1.165, 1.54) is 40.9 Å². The average Bonchev–Trinajstić information content (AvgIpc) is 3.51. The third-order valence-electron chi connectivity index (χ3n) is 6.41. The van der Waals surface area contributed by atoms with Gasteiger partial charge in [-0.15, -0.1) is 11.3 Å². The number of carbonyl (C=O) groups excluding carboxylic acids is 2. The van der Waals surface area contributed by atoms with Crippen molar-refractivity contribution < 1.29 is 9.59 Å². The second kappa shape index (κ2) is 9.75. The van der Waals surface area contributed by atoms with Crippen LogP contribution in [0.3, 0.4) is 0 Å². The number of hydrogen-bond donors (Lipinski definition) is 2. The number of benzene rings is 1. The van der Waals surface area contributed by atoms with Gasteiger partial charge >= 0.3 is 0 Å². The summed E-state index contributed by atoms with van der Waals surface area (Å²) in [6.07, 6.45) is 9.70. The Morgan fingerprint density at radius 1 is 0.970 bits per heavy atom. The monoisotopic (exact) mass is 460 g/mol. The number of thiophene rings is 1. The maximum Gasteiger partial charge on any atom is 0.257 e. The van der Waals surface area contributed by atoms with Gasteiger partial charge in [0.2, 0.25) is 0 Å². The van der Waals surface area contributed by atoms with Gasteiger partial charge in [0.05, 0.1) is 11.1 Å². The summed E-state index contributed by atoms with van der Waals surface area (Å²) in [6, 6.07) is 11.9. The normalized spacial score (nSPS) is 15.2. The summed E-state index contributed by atoms with van der Waals surface area (Å²) in [5.74, 6) is -0.368. The van der Waals surface area contributed by atoms with Gasteiger partial charge in [-0.2, -0.15) is 0 Å². The number of fused-ring (bicyclic) bond motifs is 1. The van der Waals surface area contributed by atoms with E-state index in [0.717, 1.165) is 49.9 Å². The van der Waals surface area contributed by atoms with Crippen LogP contribution in [0.1, 0.15) is 62.4 Å². The highest BCUT2D eigenvalue weighted by Gasteiger charge is 2.26. The molecule has 0 radical (unpaired) electrons. The zero-order valence-electron chi connectivity index (χ0n) is 18.6. The van der Waals surface area contributed by atoms with E-state index in [4.69, 9.17) is 0 Å². The number of hydrogen-bond acceptors (Lipinski definition) is 5. The number of rotatable bonds is 6. The lowest BCUT2D eigenvalue weighted by molar-refractivity contribution is 0.0951. The molecular weight excluding hydrogens is 432 g/mol. The number of anilines is 2. The largest absolute Gasteiger partial charge is 0.372 e. The first kappa shape index (κ1) is 21.6. The number of pyridine rings is 1. The molecule has 0 spiro atoms. The van der Waals surface area contributed by atoms with Crippen LogP contribution in [0.5, 0.6) is 0 Å². The van der Waals surface area contributed by atoms with Gasteiger partial charge in [-0.1, -0.05) is 12.1 Å². The van der Waals surface area contributed by atoms with Gasteiger partial charge in [0, 0.05) is 42.6 Å². The van der Waals surface area contributed by atoms with Crippen molar-refractivity contribution in [3.05, 3.63) is 75.9 Å². The maximum absolute atomic E-state index is 13.3. The molecule has 7 heteroatoms. The third-order valence-corrected chi connectivity index (χ3v) is 7.62. The molecular formula is C26H28N4O2S. The molecule has 6 nitrogen and oxygen atoms in total. The Balaban J connectivity index is 1.31. The predicted octanol–water partition coefficient (Wildman–Crippen LogP) is 4.80. The van der Waals surface area contributed by atoms with Crippen LogP contribution in [-0.4, -0.2) is 29.9 Å². The number of nitrogens with zero attached hydrogens (tertiary/aromatic N) is 2. The Morgan fingerprint density at radius 2 is 1.76 bits per heavy atom. The minimum absolute atomic E-state index is 0.125. The van der Waals surface area contributed by atoms with Crippen LogP contribution in [0.4, 0.5) is 10.7 Å². The highest BCUT2D eigenvalue weighted by atomic mass is 32.1. The zero-order valence-corrected chi connectivity index (χ0v) is 19.4. The lowest BCUT2D eigenvalue weighted by atomic mass is 9.95. The molecule has 0 saturated carbocycles. The van der Waals surface area contributed by atoms with Crippen molar-refractivity contribution in [2.75, 3.05) is 23.3 Å². The van der Waals surface area contributed by atoms with Gasteiger partial charge in [0.1, 0.15) is 5.00 Å². The van der Waals surface area contributed by atoms with Gasteiger partial charge in [0.15, 0.2) is 0 Å². The fourth-order valence-corrected chi connectivity index (χ4v) is 5.92. The first-order valence-corrected chi connectivity index (χ1v) is 12.5. The highest BCUT2D eigenvalue weighted by molar-refractivity contribution is 7.17. The molecule has 1 aliphatic heterocycles. The Labute approximate surface area is 198 Å². The fraction of sp³-hybridized carbons (Fsp3) is 0.346. The van der Waals surface area contributed by atoms with Gasteiger partial charge in [-0.25, -0.2) is 0 Å². The SMILES string of the molecule is O=C(Nc1sc2c(c1C(=O)NCc1ccc(N3CCCC3)cc1)CCCC2)c1cccnc1. The lowest BCUT2D eigenvalue weighted by Gasteiger charge is -2.18. The lowest BCUT2D eigenvalue weighted by Crippen LogP contribution is -2.25. The second-order valence-electron chi connectivity index (χ2n) is 8.65. The summed E-state index contributed by atoms with van der Waals surface area (Å²) in [6.45, 7) is 2.69. The first-order valence-electron chi connectivity index (χ1n) is 11.7. The van der Waals surface area contributed by atoms with E-state index in [9.17, 15) is 9.59 Å². The van der Waals surface area contributed by atoms with E-state index in [-0.39, 0.29) is 11.8 Å². The first-order chi connectivity index (χ1) is 16.2. The summed E-state index contributed by atoms with van der Waals surface area (Å²) in [7, 11) is 0. The molecule has 33 heavy (non-hydrogen) atoms. The average molecular weight is 461 g/mol. The molecule has 2 N–H and O–H groups in total. The van der Waals surface area contributed by atoms with Crippen molar-refractivity contribution in [3.8, 4) is 0 Å². The number of aryl methyl sites for hydroxylation is 1. The molecule has 1 aromatic carbocycles. The molecule has 5 rings (SSSR count). The molecule has 2 aliphatic rings. The Hall–Kier alpha value is -3.19. The Kier molecular flexibility index (Phi) is 6.39. The smallest absolute Gasteiger partial charge is 0.257 e. The molecule has 1 aliphatic carbocycles. The van der Waals surface area contributed by atoms with Crippen LogP contribution >= 0.6 is 11.3 Å². The molecule has 3 heterocycles. The van der Waals surface area contributed by atoms with E-state index in [0.29, 0.717) is 22.7 Å². The number of aromatic nitrogens is 1. The quantitative estimate of drug-likeness (QED) is 0.554. The van der Waals surface area contributed by atoms with Gasteiger partial charge in [0.25, 0.3) is 11.8 Å². The van der Waals surface area contributed by atoms with E-state index in [1.54, 1.807) is 18.3 Å². The number of nitrogens with one attached hydrogen (secondary N) is 2. The third kappa shape index (κ3) is 4.78. The fourth-order valence-electron chi connectivity index (χ4n) is 4.64. The van der Waals surface area contributed by atoms with Gasteiger partial charge < -0.3 is 15.5 Å². The van der Waals surface area contributed by atoms with Crippen molar-refractivity contribution in [1.29, 1.82) is 0 Å². The summed E-state index contributed by atoms with van der Waals surface area (Å²) in [4.78, 5) is 33.7. The molecule has 1 saturated heterocycles. The summed E-state index contributed by atoms with van der Waals surface area (Å²) in [5, 5.41) is 6.70. The van der Waals surface area contributed by atoms with Crippen LogP contribution in [0, 0.1) is 0 Å². The van der Waals surface area contributed by atoms with E-state index in [1.807, 2.05) is 0 Å². The molecule has 0 atom stereocenters. The zero-order chi connectivity index (χ0) is 22.6. The minimum atomic E-state index is -0.242. The Bertz CT molecular complexity index is 1140. The van der Waals surface area contributed by atoms with Gasteiger partial charge in [-0.05, 0) is 73.9 Å². The van der Waals surface area contributed by atoms with E-state index < -0.39 is 0 Å². The maximum atomic E-state index is 13.3. The summed E-state index contributed by atoms with van der Waals surface area (Å²) < 4.78 is 0. The van der Waals surface area contributed by atoms with Crippen molar-refractivity contribution in [2.45, 2.75) is 45.1 Å². The highest BCUT2D eigenvalue weighted by Crippen LogP contribution is 2.38. The minimum Gasteiger partial charge on any atom is -0.372 e. The van der Waals surface area contributed by atoms with Crippen molar-refractivity contribution in [1.82, 2.24) is 10.3 Å². The van der Waals surface area contributed by atoms with Crippen LogP contribution in [0.15, 0.2) is 48.8 Å². The van der Waals surface area contributed by atoms with Gasteiger partial charge in [-0.3, -0.25) is 14.6 Å². The topological polar surface area (TPSA) is 74.3 Å². The molecule has 3 aromatic rings. The van der Waals surface area contributed by atoms with Crippen LogP contribution in [0.25, 0.3) is 0 Å². The molecule has 0 bridgehead atoms. The molecule has 0 unspecified atom stereocenters. The second-order valence-corrected chi connectivity index (χ2v) is 9.76. The number of amides is 2. The predicted molar refractivity (Wildman–Crippen MR) is 132 cm³/mol. The van der Waals surface area contributed by atoms with Crippen LogP contribution in [0.2, 0.25) is 0 Å². The standard InChI is InChI=1S/C26H28N4O2S/c31-24(19-6-5-13-27-17-19)29-26-23(21-7-1-2-8-22(21)33-26)25(32)28-16-18-9-11-20(12-10-18)30-14-3-4-15-30/h5-6,9-13,17H,1-4,7-8,14-16H2,(H,28,32)(H,29,31). The number of carbonyl (C=O) groups is 2. The Morgan fingerprint density at radius 3 is 2.52 bits per heavy atom. The summed E-state index contributed by atoms with van der Waals surface area (Å²) in [5.41, 5.74) is 4.51. The van der Waals surface area contributed by atoms with Crippen LogP contribution in [-0.2, 0) is 19.4 Å². The molecule has 2 amide bonds. The van der Waals surface area contributed by atoms with E-state index in [2.05, 4.69) is 44.8 Å². The molecule has 1 fully saturated rings. The van der Waals surface area contributed by atoms with Crippen molar-refractivity contribution in [3.63, 3.8) is 0 Å². The summed E-state index contributed by atoms with van der Waals surface area (Å²) >= 11 is 1.53. The van der Waals surface area contributed by atoms with Crippen LogP contribution < -0.4 is 15.5 Å². The molecule has 170 valence electrons.